The standard InChI is InChI=1S/C12H17NO/c1-10-5-4-6-11(9-10)13-8-3-2-7-12(13)14/h4-6,9,12,14H,2-3,7-8H2,1H3. The minimum Gasteiger partial charge on any atom is -0.374 e. The van der Waals surface area contributed by atoms with Gasteiger partial charge in [-0.2, -0.15) is 0 Å². The number of aryl methyl sites for hydroxylation is 1. The molecule has 1 N–H and O–H groups in total. The third-order valence-corrected chi connectivity index (χ3v) is 2.80. The van der Waals surface area contributed by atoms with Crippen LogP contribution in [-0.2, 0) is 0 Å². The number of aliphatic hydroxyl groups excluding tert-OH is 1. The van der Waals surface area contributed by atoms with Crippen molar-refractivity contribution in [3.8, 4) is 0 Å². The first-order chi connectivity index (χ1) is 6.77. The number of rotatable bonds is 1. The van der Waals surface area contributed by atoms with Crippen LogP contribution in [0.3, 0.4) is 0 Å². The Labute approximate surface area is 85.2 Å². The van der Waals surface area contributed by atoms with Crippen molar-refractivity contribution in [1.82, 2.24) is 0 Å². The molecule has 1 aliphatic rings. The molecule has 0 saturated carbocycles. The zero-order chi connectivity index (χ0) is 9.97. The third kappa shape index (κ3) is 1.90. The minimum atomic E-state index is -0.287. The summed E-state index contributed by atoms with van der Waals surface area (Å²) >= 11 is 0. The normalized spacial score (nSPS) is 22.4. The highest BCUT2D eigenvalue weighted by atomic mass is 16.3. The minimum absolute atomic E-state index is 0.287. The first kappa shape index (κ1) is 9.53. The molecule has 1 saturated heterocycles. The maximum Gasteiger partial charge on any atom is 0.126 e. The summed E-state index contributed by atoms with van der Waals surface area (Å²) in [4.78, 5) is 2.09. The Morgan fingerprint density at radius 3 is 2.93 bits per heavy atom. The predicted molar refractivity (Wildman–Crippen MR) is 58.4 cm³/mol. The Hall–Kier alpha value is -1.02. The number of hydrogen-bond acceptors (Lipinski definition) is 2. The molecule has 1 unspecified atom stereocenters. The van der Waals surface area contributed by atoms with Crippen molar-refractivity contribution in [2.45, 2.75) is 32.4 Å². The third-order valence-electron chi connectivity index (χ3n) is 2.80. The van der Waals surface area contributed by atoms with Crippen LogP contribution in [0.2, 0.25) is 0 Å². The van der Waals surface area contributed by atoms with E-state index < -0.39 is 0 Å². The summed E-state index contributed by atoms with van der Waals surface area (Å²) in [6.45, 7) is 3.06. The highest BCUT2D eigenvalue weighted by Crippen LogP contribution is 2.23. The van der Waals surface area contributed by atoms with Crippen molar-refractivity contribution in [2.24, 2.45) is 0 Å². The van der Waals surface area contributed by atoms with Gasteiger partial charge in [-0.3, -0.25) is 0 Å². The zero-order valence-corrected chi connectivity index (χ0v) is 8.61. The van der Waals surface area contributed by atoms with Crippen LogP contribution in [0.15, 0.2) is 24.3 Å². The van der Waals surface area contributed by atoms with E-state index >= 15 is 0 Å². The molecule has 1 aliphatic heterocycles. The summed E-state index contributed by atoms with van der Waals surface area (Å²) in [5, 5.41) is 9.84. The summed E-state index contributed by atoms with van der Waals surface area (Å²) in [6, 6.07) is 8.34. The fourth-order valence-corrected chi connectivity index (χ4v) is 2.02. The van der Waals surface area contributed by atoms with E-state index in [0.717, 1.165) is 25.1 Å². The van der Waals surface area contributed by atoms with Gasteiger partial charge in [0.05, 0.1) is 0 Å². The second kappa shape index (κ2) is 4.01. The topological polar surface area (TPSA) is 23.5 Å². The molecule has 2 nitrogen and oxygen atoms in total. The van der Waals surface area contributed by atoms with Gasteiger partial charge in [-0.1, -0.05) is 12.1 Å². The average molecular weight is 191 g/mol. The Bertz CT molecular complexity index is 311. The molecule has 0 bridgehead atoms. The van der Waals surface area contributed by atoms with Gasteiger partial charge in [-0.15, -0.1) is 0 Å². The monoisotopic (exact) mass is 191 g/mol. The van der Waals surface area contributed by atoms with Crippen molar-refractivity contribution >= 4 is 5.69 Å². The smallest absolute Gasteiger partial charge is 0.126 e. The summed E-state index contributed by atoms with van der Waals surface area (Å²) in [5.41, 5.74) is 2.40. The summed E-state index contributed by atoms with van der Waals surface area (Å²) in [7, 11) is 0. The zero-order valence-electron chi connectivity index (χ0n) is 8.61. The lowest BCUT2D eigenvalue weighted by molar-refractivity contribution is 0.140. The number of piperidine rings is 1. The Morgan fingerprint density at radius 2 is 2.21 bits per heavy atom. The quantitative estimate of drug-likeness (QED) is 0.736. The molecule has 0 radical (unpaired) electrons. The first-order valence-corrected chi connectivity index (χ1v) is 5.29. The SMILES string of the molecule is Cc1cccc(N2CCCCC2O)c1. The van der Waals surface area contributed by atoms with Crippen LogP contribution in [0, 0.1) is 6.92 Å². The summed E-state index contributed by atoms with van der Waals surface area (Å²) < 4.78 is 0. The van der Waals surface area contributed by atoms with Crippen LogP contribution >= 0.6 is 0 Å². The highest BCUT2D eigenvalue weighted by Gasteiger charge is 2.19. The Balaban J connectivity index is 2.20. The van der Waals surface area contributed by atoms with Crippen molar-refractivity contribution < 1.29 is 5.11 Å². The van der Waals surface area contributed by atoms with E-state index in [1.165, 1.54) is 12.0 Å². The first-order valence-electron chi connectivity index (χ1n) is 5.29. The molecule has 0 aliphatic carbocycles. The van der Waals surface area contributed by atoms with Gasteiger partial charge in [0.2, 0.25) is 0 Å². The van der Waals surface area contributed by atoms with Gasteiger partial charge in [-0.05, 0) is 43.9 Å². The molecule has 2 rings (SSSR count). The van der Waals surface area contributed by atoms with Gasteiger partial charge >= 0.3 is 0 Å². The van der Waals surface area contributed by atoms with Gasteiger partial charge in [0.1, 0.15) is 6.23 Å². The molecule has 1 heterocycles. The maximum atomic E-state index is 9.84. The molecule has 0 amide bonds. The van der Waals surface area contributed by atoms with E-state index in [1.54, 1.807) is 0 Å². The van der Waals surface area contributed by atoms with E-state index in [4.69, 9.17) is 0 Å². The number of hydrogen-bond donors (Lipinski definition) is 1. The van der Waals surface area contributed by atoms with E-state index in [9.17, 15) is 5.11 Å². The number of benzene rings is 1. The van der Waals surface area contributed by atoms with E-state index in [-0.39, 0.29) is 6.23 Å². The molecule has 1 aromatic rings. The molecular formula is C12H17NO. The van der Waals surface area contributed by atoms with Crippen LogP contribution in [0.25, 0.3) is 0 Å². The van der Waals surface area contributed by atoms with E-state index in [2.05, 4.69) is 30.0 Å². The second-order valence-corrected chi connectivity index (χ2v) is 4.01. The van der Waals surface area contributed by atoms with Crippen LogP contribution in [-0.4, -0.2) is 17.9 Å². The van der Waals surface area contributed by atoms with Crippen molar-refractivity contribution in [3.05, 3.63) is 29.8 Å². The number of nitrogens with zero attached hydrogens (tertiary/aromatic N) is 1. The summed E-state index contributed by atoms with van der Waals surface area (Å²) in [6.07, 6.45) is 2.94. The molecule has 0 aromatic heterocycles. The largest absolute Gasteiger partial charge is 0.374 e. The van der Waals surface area contributed by atoms with Crippen LogP contribution in [0.5, 0.6) is 0 Å². The second-order valence-electron chi connectivity index (χ2n) is 4.01. The van der Waals surface area contributed by atoms with Gasteiger partial charge in [0.15, 0.2) is 0 Å². The highest BCUT2D eigenvalue weighted by molar-refractivity contribution is 5.49. The lowest BCUT2D eigenvalue weighted by Gasteiger charge is -2.34. The van der Waals surface area contributed by atoms with Crippen LogP contribution < -0.4 is 4.90 Å². The van der Waals surface area contributed by atoms with Gasteiger partial charge < -0.3 is 10.0 Å². The lowest BCUT2D eigenvalue weighted by Crippen LogP contribution is -2.39. The molecule has 1 fully saturated rings. The maximum absolute atomic E-state index is 9.84. The van der Waals surface area contributed by atoms with Gasteiger partial charge in [0, 0.05) is 12.2 Å². The Morgan fingerprint density at radius 1 is 1.36 bits per heavy atom. The fraction of sp³-hybridized carbons (Fsp3) is 0.500. The fourth-order valence-electron chi connectivity index (χ4n) is 2.02. The Kier molecular flexibility index (Phi) is 2.73. The van der Waals surface area contributed by atoms with E-state index in [0.29, 0.717) is 0 Å². The number of anilines is 1. The van der Waals surface area contributed by atoms with Crippen molar-refractivity contribution in [3.63, 3.8) is 0 Å². The van der Waals surface area contributed by atoms with Gasteiger partial charge in [-0.25, -0.2) is 0 Å². The van der Waals surface area contributed by atoms with Crippen molar-refractivity contribution in [1.29, 1.82) is 0 Å². The molecule has 76 valence electrons. The molecular weight excluding hydrogens is 174 g/mol. The van der Waals surface area contributed by atoms with E-state index in [1.807, 2.05) is 6.07 Å². The molecule has 14 heavy (non-hydrogen) atoms. The average Bonchev–Trinajstić information content (AvgIpc) is 2.18. The number of aliphatic hydroxyl groups is 1. The predicted octanol–water partition coefficient (Wildman–Crippen LogP) is 2.30. The molecule has 1 aromatic carbocycles. The van der Waals surface area contributed by atoms with Crippen LogP contribution in [0.1, 0.15) is 24.8 Å². The van der Waals surface area contributed by atoms with Crippen molar-refractivity contribution in [2.75, 3.05) is 11.4 Å². The molecule has 0 spiro atoms. The molecule has 1 atom stereocenters. The molecule has 2 heteroatoms. The lowest BCUT2D eigenvalue weighted by atomic mass is 10.1. The van der Waals surface area contributed by atoms with Gasteiger partial charge in [0.25, 0.3) is 0 Å². The summed E-state index contributed by atoms with van der Waals surface area (Å²) in [5.74, 6) is 0. The van der Waals surface area contributed by atoms with Crippen LogP contribution in [0.4, 0.5) is 5.69 Å².